The van der Waals surface area contributed by atoms with E-state index in [0.717, 1.165) is 43.6 Å². The van der Waals surface area contributed by atoms with Crippen molar-refractivity contribution in [1.82, 2.24) is 9.97 Å². The normalized spacial score (nSPS) is 17.8. The quantitative estimate of drug-likeness (QED) is 0.137. The van der Waals surface area contributed by atoms with Crippen LogP contribution >= 0.6 is 23.2 Å². The molecule has 7 rings (SSSR count). The molecule has 0 fully saturated rings. The van der Waals surface area contributed by atoms with Crippen LogP contribution in [0.5, 0.6) is 23.0 Å². The zero-order valence-corrected chi connectivity index (χ0v) is 36.1. The average Bonchev–Trinajstić information content (AvgIpc) is 3.29. The Morgan fingerprint density at radius 1 is 0.274 bits per heavy atom. The monoisotopic (exact) mass is 894 g/mol. The van der Waals surface area contributed by atoms with Gasteiger partial charge in [0.2, 0.25) is 0 Å². The second kappa shape index (κ2) is 25.1. The Kier molecular flexibility index (Phi) is 18.5. The van der Waals surface area contributed by atoms with Gasteiger partial charge in [0.1, 0.15) is 49.4 Å². The molecule has 0 N–H and O–H groups in total. The molecule has 16 heteroatoms. The summed E-state index contributed by atoms with van der Waals surface area (Å²) in [5.74, 6) is 2.69. The molecule has 0 amide bonds. The first-order chi connectivity index (χ1) is 30.6. The van der Waals surface area contributed by atoms with E-state index in [1.165, 1.54) is 0 Å². The van der Waals surface area contributed by atoms with Gasteiger partial charge in [-0.25, -0.2) is 9.97 Å². The summed E-state index contributed by atoms with van der Waals surface area (Å²) in [5, 5.41) is 4.31. The van der Waals surface area contributed by atoms with Crippen LogP contribution in [-0.2, 0) is 37.9 Å². The minimum Gasteiger partial charge on any atom is -0.491 e. The molecule has 332 valence electrons. The Bertz CT molecular complexity index is 2010. The summed E-state index contributed by atoms with van der Waals surface area (Å²) >= 11 is 13.8. The van der Waals surface area contributed by atoms with Crippen LogP contribution < -0.4 is 18.9 Å². The van der Waals surface area contributed by atoms with Crippen molar-refractivity contribution in [2.45, 2.75) is 0 Å². The van der Waals surface area contributed by atoms with E-state index in [2.05, 4.69) is 0 Å². The number of ether oxygens (including phenoxy) is 12. The van der Waals surface area contributed by atoms with Gasteiger partial charge in [0, 0.05) is 21.5 Å². The van der Waals surface area contributed by atoms with Crippen LogP contribution in [0.4, 0.5) is 0 Å². The van der Waals surface area contributed by atoms with Crippen molar-refractivity contribution in [1.29, 1.82) is 0 Å². The van der Waals surface area contributed by atoms with Crippen molar-refractivity contribution in [2.75, 3.05) is 132 Å². The number of pyridine rings is 2. The molecule has 0 radical (unpaired) electrons. The van der Waals surface area contributed by atoms with Crippen molar-refractivity contribution in [2.24, 2.45) is 0 Å². The number of rotatable bonds is 0. The SMILES string of the molecule is Clc1c2cc3ccc2nc2ccc(cc12)OCCOCCOCCOCCOCCOc1ccc2nc4ccc(cc4c(Cl)c2c1)OCCOCCOCCOCCOCCO3. The van der Waals surface area contributed by atoms with Gasteiger partial charge in [-0.15, -0.1) is 0 Å². The highest BCUT2D eigenvalue weighted by Crippen LogP contribution is 2.36. The Hall–Kier alpha value is -4.32. The van der Waals surface area contributed by atoms with Gasteiger partial charge in [-0.1, -0.05) is 23.2 Å². The van der Waals surface area contributed by atoms with Crippen LogP contribution in [0.1, 0.15) is 0 Å². The van der Waals surface area contributed by atoms with Gasteiger partial charge >= 0.3 is 0 Å². The van der Waals surface area contributed by atoms with Gasteiger partial charge < -0.3 is 56.8 Å². The molecule has 14 nitrogen and oxygen atoms in total. The fourth-order valence-corrected chi connectivity index (χ4v) is 7.07. The minimum absolute atomic E-state index is 0.372. The van der Waals surface area contributed by atoms with Crippen molar-refractivity contribution in [3.05, 3.63) is 82.8 Å². The van der Waals surface area contributed by atoms with E-state index in [0.29, 0.717) is 165 Å². The molecule has 1 aliphatic heterocycles. The van der Waals surface area contributed by atoms with Crippen LogP contribution in [0.25, 0.3) is 43.6 Å². The second-order valence-electron chi connectivity index (χ2n) is 13.9. The molecule has 3 heterocycles. The average molecular weight is 896 g/mol. The number of hydrogen-bond donors (Lipinski definition) is 0. The van der Waals surface area contributed by atoms with Gasteiger partial charge in [-0.2, -0.15) is 0 Å². The predicted molar refractivity (Wildman–Crippen MR) is 237 cm³/mol. The zero-order chi connectivity index (χ0) is 42.6. The maximum atomic E-state index is 6.89. The van der Waals surface area contributed by atoms with Crippen LogP contribution in [0, 0.1) is 0 Å². The Labute approximate surface area is 370 Å². The number of aromatic nitrogens is 2. The van der Waals surface area contributed by atoms with E-state index in [1.807, 2.05) is 72.8 Å². The standard InChI is InChI=1S/C46H52Cl2N2O12/c47-45-37-29-33-1-5-41(37)49-42-6-2-34(30-38(42)45)60-26-22-56-18-15-53-11-12-54-16-20-58-24-28-62-36-4-8-44-40(32-36)46(48)39-31-35(3-7-43(39)50-44)61-27-23-57-19-14-52-10-9-51-13-17-55-21-25-59-33/h1-8,29-32H,9-28H2. The van der Waals surface area contributed by atoms with Gasteiger partial charge in [-0.3, -0.25) is 0 Å². The lowest BCUT2D eigenvalue weighted by Gasteiger charge is -2.12. The van der Waals surface area contributed by atoms with Crippen molar-refractivity contribution >= 4 is 66.8 Å². The third kappa shape index (κ3) is 13.8. The van der Waals surface area contributed by atoms with Gasteiger partial charge in [0.25, 0.3) is 0 Å². The first kappa shape index (κ1) is 45.7. The van der Waals surface area contributed by atoms with Crippen molar-refractivity contribution in [3.63, 3.8) is 0 Å². The topological polar surface area (TPSA) is 137 Å². The molecule has 0 atom stereocenters. The lowest BCUT2D eigenvalue weighted by molar-refractivity contribution is -0.00698. The molecular weight excluding hydrogens is 843 g/mol. The predicted octanol–water partition coefficient (Wildman–Crippen LogP) is 7.76. The second-order valence-corrected chi connectivity index (χ2v) is 14.6. The molecule has 62 heavy (non-hydrogen) atoms. The molecule has 0 unspecified atom stereocenters. The summed E-state index contributed by atoms with van der Waals surface area (Å²) in [7, 11) is 0. The number of halogens is 2. The van der Waals surface area contributed by atoms with Gasteiger partial charge in [0.15, 0.2) is 0 Å². The molecule has 6 aromatic rings. The highest BCUT2D eigenvalue weighted by Gasteiger charge is 2.12. The van der Waals surface area contributed by atoms with E-state index in [1.54, 1.807) is 0 Å². The number of hydrogen-bond acceptors (Lipinski definition) is 14. The van der Waals surface area contributed by atoms with E-state index in [-0.39, 0.29) is 0 Å². The molecule has 0 saturated heterocycles. The third-order valence-corrected chi connectivity index (χ3v) is 10.3. The maximum absolute atomic E-state index is 6.89. The van der Waals surface area contributed by atoms with E-state index in [9.17, 15) is 0 Å². The Morgan fingerprint density at radius 2 is 0.468 bits per heavy atom. The zero-order valence-electron chi connectivity index (χ0n) is 34.6. The van der Waals surface area contributed by atoms with Crippen molar-refractivity contribution in [3.8, 4) is 23.0 Å². The van der Waals surface area contributed by atoms with Crippen LogP contribution in [0.2, 0.25) is 10.0 Å². The summed E-state index contributed by atoms with van der Waals surface area (Å²) in [6, 6.07) is 22.7. The fourth-order valence-electron chi connectivity index (χ4n) is 6.46. The molecule has 4 aromatic carbocycles. The van der Waals surface area contributed by atoms with E-state index < -0.39 is 0 Å². The molecule has 1 aliphatic rings. The van der Waals surface area contributed by atoms with Crippen molar-refractivity contribution < 1.29 is 56.8 Å². The lowest BCUT2D eigenvalue weighted by atomic mass is 10.1. The molecule has 0 aliphatic carbocycles. The molecule has 8 bridgehead atoms. The maximum Gasteiger partial charge on any atom is 0.120 e. The summed E-state index contributed by atoms with van der Waals surface area (Å²) in [6.07, 6.45) is 0. The van der Waals surface area contributed by atoms with E-state index in [4.69, 9.17) is 90.0 Å². The van der Waals surface area contributed by atoms with Crippen LogP contribution in [0.3, 0.4) is 0 Å². The lowest BCUT2D eigenvalue weighted by Crippen LogP contribution is -2.14. The summed E-state index contributed by atoms with van der Waals surface area (Å²) in [5.41, 5.74) is 3.09. The van der Waals surface area contributed by atoms with Gasteiger partial charge in [-0.05, 0) is 72.8 Å². The summed E-state index contributed by atoms with van der Waals surface area (Å²) in [4.78, 5) is 9.57. The fraction of sp³-hybridized carbons (Fsp3) is 0.435. The number of benzene rings is 4. The van der Waals surface area contributed by atoms with Crippen LogP contribution in [0.15, 0.2) is 72.8 Å². The minimum atomic E-state index is 0.372. The first-order valence-corrected chi connectivity index (χ1v) is 21.6. The van der Waals surface area contributed by atoms with Gasteiger partial charge in [0.05, 0.1) is 138 Å². The summed E-state index contributed by atoms with van der Waals surface area (Å²) < 4.78 is 69.0. The molecule has 0 saturated carbocycles. The highest BCUT2D eigenvalue weighted by molar-refractivity contribution is 6.41. The third-order valence-electron chi connectivity index (χ3n) is 9.52. The van der Waals surface area contributed by atoms with Crippen LogP contribution in [-0.4, -0.2) is 142 Å². The Morgan fingerprint density at radius 3 is 0.677 bits per heavy atom. The highest BCUT2D eigenvalue weighted by atomic mass is 35.5. The molecule has 2 aromatic heterocycles. The van der Waals surface area contributed by atoms with E-state index >= 15 is 0 Å². The Balaban J connectivity index is 0.862. The molecular formula is C46H52Cl2N2O12. The number of nitrogens with zero attached hydrogens (tertiary/aromatic N) is 2. The largest absolute Gasteiger partial charge is 0.491 e. The molecule has 0 spiro atoms. The summed E-state index contributed by atoms with van der Waals surface area (Å²) in [6.45, 7) is 8.48. The first-order valence-electron chi connectivity index (χ1n) is 20.8. The smallest absolute Gasteiger partial charge is 0.120 e. The number of fused-ring (bicyclic) bond motifs is 4.